The van der Waals surface area contributed by atoms with Crippen molar-refractivity contribution in [3.05, 3.63) is 51.8 Å². The smallest absolute Gasteiger partial charge is 0.141 e. The molecular weight excluding hydrogens is 286 g/mol. The molecule has 3 aromatic rings. The SMILES string of the molecule is Cc1ccc(-c2nc3cc(Cl)c(Cl)cc3[nH]2)c(F)c1. The Morgan fingerprint density at radius 2 is 1.84 bits per heavy atom. The Morgan fingerprint density at radius 1 is 1.11 bits per heavy atom. The minimum atomic E-state index is -0.309. The number of halogens is 3. The highest BCUT2D eigenvalue weighted by atomic mass is 35.5. The largest absolute Gasteiger partial charge is 0.338 e. The van der Waals surface area contributed by atoms with Crippen LogP contribution in [-0.4, -0.2) is 9.97 Å². The first-order valence-corrected chi connectivity index (χ1v) is 6.41. The summed E-state index contributed by atoms with van der Waals surface area (Å²) in [7, 11) is 0. The van der Waals surface area contributed by atoms with Gasteiger partial charge in [0, 0.05) is 0 Å². The molecule has 0 saturated carbocycles. The van der Waals surface area contributed by atoms with Crippen molar-refractivity contribution in [2.45, 2.75) is 6.92 Å². The highest BCUT2D eigenvalue weighted by Gasteiger charge is 2.11. The summed E-state index contributed by atoms with van der Waals surface area (Å²) in [4.78, 5) is 7.38. The quantitative estimate of drug-likeness (QED) is 0.673. The molecule has 0 radical (unpaired) electrons. The Morgan fingerprint density at radius 3 is 2.58 bits per heavy atom. The number of H-pyrrole nitrogens is 1. The number of benzene rings is 2. The molecule has 0 unspecified atom stereocenters. The van der Waals surface area contributed by atoms with Gasteiger partial charge in [0.25, 0.3) is 0 Å². The van der Waals surface area contributed by atoms with E-state index in [0.29, 0.717) is 26.9 Å². The van der Waals surface area contributed by atoms with E-state index in [2.05, 4.69) is 9.97 Å². The third-order valence-electron chi connectivity index (χ3n) is 2.90. The summed E-state index contributed by atoms with van der Waals surface area (Å²) in [5, 5.41) is 0.866. The van der Waals surface area contributed by atoms with E-state index in [0.717, 1.165) is 11.1 Å². The van der Waals surface area contributed by atoms with Crippen molar-refractivity contribution in [3.63, 3.8) is 0 Å². The van der Waals surface area contributed by atoms with Crippen LogP contribution in [0.4, 0.5) is 4.39 Å². The minimum Gasteiger partial charge on any atom is -0.338 e. The number of aromatic amines is 1. The fraction of sp³-hybridized carbons (Fsp3) is 0.0714. The lowest BCUT2D eigenvalue weighted by atomic mass is 10.1. The van der Waals surface area contributed by atoms with Gasteiger partial charge in [0.15, 0.2) is 0 Å². The third-order valence-corrected chi connectivity index (χ3v) is 3.63. The summed E-state index contributed by atoms with van der Waals surface area (Å²) in [6, 6.07) is 8.35. The zero-order valence-corrected chi connectivity index (χ0v) is 11.5. The summed E-state index contributed by atoms with van der Waals surface area (Å²) in [6.45, 7) is 1.84. The zero-order chi connectivity index (χ0) is 13.6. The predicted molar refractivity (Wildman–Crippen MR) is 76.2 cm³/mol. The van der Waals surface area contributed by atoms with Crippen molar-refractivity contribution in [3.8, 4) is 11.4 Å². The Balaban J connectivity index is 2.20. The number of aryl methyl sites for hydroxylation is 1. The molecule has 19 heavy (non-hydrogen) atoms. The molecule has 0 aliphatic rings. The van der Waals surface area contributed by atoms with E-state index in [4.69, 9.17) is 23.2 Å². The van der Waals surface area contributed by atoms with Gasteiger partial charge in [0.2, 0.25) is 0 Å². The van der Waals surface area contributed by atoms with Crippen LogP contribution in [0.1, 0.15) is 5.56 Å². The van der Waals surface area contributed by atoms with Gasteiger partial charge in [-0.3, -0.25) is 0 Å². The maximum absolute atomic E-state index is 13.9. The summed E-state index contributed by atoms with van der Waals surface area (Å²) >= 11 is 11.9. The number of imidazole rings is 1. The van der Waals surface area contributed by atoms with Crippen molar-refractivity contribution >= 4 is 34.2 Å². The second kappa shape index (κ2) is 4.51. The Labute approximate surface area is 119 Å². The molecule has 96 valence electrons. The molecule has 0 spiro atoms. The first-order chi connectivity index (χ1) is 9.04. The van der Waals surface area contributed by atoms with Crippen molar-refractivity contribution in [2.75, 3.05) is 0 Å². The standard InChI is InChI=1S/C14H9Cl2FN2/c1-7-2-3-8(11(17)4-7)14-18-12-5-9(15)10(16)6-13(12)19-14/h2-6H,1H3,(H,18,19). The summed E-state index contributed by atoms with van der Waals surface area (Å²) in [5.41, 5.74) is 2.67. The van der Waals surface area contributed by atoms with Crippen molar-refractivity contribution < 1.29 is 4.39 Å². The summed E-state index contributed by atoms with van der Waals surface area (Å²) in [5.74, 6) is 0.155. The number of aromatic nitrogens is 2. The van der Waals surface area contributed by atoms with Crippen molar-refractivity contribution in [1.29, 1.82) is 0 Å². The topological polar surface area (TPSA) is 28.7 Å². The molecule has 2 nitrogen and oxygen atoms in total. The molecular formula is C14H9Cl2FN2. The molecule has 0 bridgehead atoms. The molecule has 0 atom stereocenters. The maximum Gasteiger partial charge on any atom is 0.141 e. The lowest BCUT2D eigenvalue weighted by Crippen LogP contribution is -1.87. The molecule has 2 aromatic carbocycles. The third kappa shape index (κ3) is 2.20. The summed E-state index contributed by atoms with van der Waals surface area (Å²) in [6.07, 6.45) is 0. The van der Waals surface area contributed by atoms with Crippen molar-refractivity contribution in [1.82, 2.24) is 9.97 Å². The lowest BCUT2D eigenvalue weighted by molar-refractivity contribution is 0.629. The van der Waals surface area contributed by atoms with Crippen LogP contribution in [0, 0.1) is 12.7 Å². The maximum atomic E-state index is 13.9. The fourth-order valence-corrected chi connectivity index (χ4v) is 2.27. The van der Waals surface area contributed by atoms with E-state index in [9.17, 15) is 4.39 Å². The van der Waals surface area contributed by atoms with Gasteiger partial charge in [-0.25, -0.2) is 9.37 Å². The van der Waals surface area contributed by atoms with Crippen LogP contribution >= 0.6 is 23.2 Å². The number of hydrogen-bond acceptors (Lipinski definition) is 1. The van der Waals surface area contributed by atoms with E-state index in [-0.39, 0.29) is 5.82 Å². The van der Waals surface area contributed by atoms with Gasteiger partial charge in [-0.2, -0.15) is 0 Å². The van der Waals surface area contributed by atoms with Gasteiger partial charge < -0.3 is 4.98 Å². The molecule has 0 aliphatic carbocycles. The normalized spacial score (nSPS) is 11.2. The molecule has 0 amide bonds. The lowest BCUT2D eigenvalue weighted by Gasteiger charge is -2.00. The van der Waals surface area contributed by atoms with E-state index in [1.807, 2.05) is 13.0 Å². The number of hydrogen-bond donors (Lipinski definition) is 1. The second-order valence-corrected chi connectivity index (χ2v) is 5.17. The Kier molecular flexibility index (Phi) is 2.96. The number of fused-ring (bicyclic) bond motifs is 1. The van der Waals surface area contributed by atoms with Crippen LogP contribution in [-0.2, 0) is 0 Å². The van der Waals surface area contributed by atoms with E-state index in [1.54, 1.807) is 18.2 Å². The molecule has 0 aliphatic heterocycles. The highest BCUT2D eigenvalue weighted by Crippen LogP contribution is 2.29. The van der Waals surface area contributed by atoms with Gasteiger partial charge in [-0.15, -0.1) is 0 Å². The fourth-order valence-electron chi connectivity index (χ4n) is 1.94. The molecule has 0 saturated heterocycles. The molecule has 0 fully saturated rings. The monoisotopic (exact) mass is 294 g/mol. The van der Waals surface area contributed by atoms with Crippen LogP contribution in [0.2, 0.25) is 10.0 Å². The molecule has 5 heteroatoms. The predicted octanol–water partition coefficient (Wildman–Crippen LogP) is 4.98. The van der Waals surface area contributed by atoms with Crippen LogP contribution in [0.3, 0.4) is 0 Å². The van der Waals surface area contributed by atoms with Gasteiger partial charge >= 0.3 is 0 Å². The molecule has 1 N–H and O–H groups in total. The average Bonchev–Trinajstić information content (AvgIpc) is 2.72. The molecule has 1 aromatic heterocycles. The zero-order valence-electron chi connectivity index (χ0n) is 9.97. The Bertz CT molecular complexity index is 741. The van der Waals surface area contributed by atoms with Crippen LogP contribution in [0.15, 0.2) is 30.3 Å². The Hall–Kier alpha value is -1.58. The minimum absolute atomic E-state index is 0.309. The molecule has 3 rings (SSSR count). The number of rotatable bonds is 1. The van der Waals surface area contributed by atoms with Crippen LogP contribution < -0.4 is 0 Å². The highest BCUT2D eigenvalue weighted by molar-refractivity contribution is 6.42. The van der Waals surface area contributed by atoms with Gasteiger partial charge in [-0.1, -0.05) is 29.3 Å². The second-order valence-electron chi connectivity index (χ2n) is 4.35. The van der Waals surface area contributed by atoms with Crippen LogP contribution in [0.5, 0.6) is 0 Å². The number of nitrogens with zero attached hydrogens (tertiary/aromatic N) is 1. The van der Waals surface area contributed by atoms with E-state index < -0.39 is 0 Å². The molecule has 1 heterocycles. The van der Waals surface area contributed by atoms with Gasteiger partial charge in [0.05, 0.1) is 26.6 Å². The van der Waals surface area contributed by atoms with E-state index >= 15 is 0 Å². The van der Waals surface area contributed by atoms with Gasteiger partial charge in [0.1, 0.15) is 11.6 Å². The number of nitrogens with one attached hydrogen (secondary N) is 1. The first-order valence-electron chi connectivity index (χ1n) is 5.66. The van der Waals surface area contributed by atoms with E-state index in [1.165, 1.54) is 6.07 Å². The first kappa shape index (κ1) is 12.5. The van der Waals surface area contributed by atoms with Crippen molar-refractivity contribution in [2.24, 2.45) is 0 Å². The van der Waals surface area contributed by atoms with Crippen LogP contribution in [0.25, 0.3) is 22.4 Å². The average molecular weight is 295 g/mol. The van der Waals surface area contributed by atoms with Gasteiger partial charge in [-0.05, 0) is 36.8 Å². The summed E-state index contributed by atoms with van der Waals surface area (Å²) < 4.78 is 13.9.